The summed E-state index contributed by atoms with van der Waals surface area (Å²) in [6.07, 6.45) is 6.03. The standard InChI is InChI=1S/C34H36F3N7O/c35-19-6-5-18-11-21(38)13-24(23(18)12-19)30-29(37)31-28-26(40-30)3-1-4-27-25-8-7-22(39-25)16-44(27)32(28)42-33(41-31)45-17-34-9-2-10-43(34)15-20(36)14-34/h5-6,11-13,20,22,25,27,39H,1-4,7-10,14-17,38H2/t20-,22-,25+,27-,34+/m1/s1. The molecular weight excluding hydrogens is 579 g/mol. The van der Waals surface area contributed by atoms with E-state index in [4.69, 9.17) is 25.4 Å². The summed E-state index contributed by atoms with van der Waals surface area (Å²) in [4.78, 5) is 19.2. The molecule has 8 nitrogen and oxygen atoms in total. The average Bonchev–Trinajstić information content (AvgIpc) is 3.68. The summed E-state index contributed by atoms with van der Waals surface area (Å²) >= 11 is 0. The number of rotatable bonds is 4. The van der Waals surface area contributed by atoms with Gasteiger partial charge in [0.25, 0.3) is 0 Å². The van der Waals surface area contributed by atoms with Crippen molar-refractivity contribution in [3.8, 4) is 17.3 Å². The number of ether oxygens (including phenoxy) is 1. The molecule has 5 atom stereocenters. The number of aryl methyl sites for hydroxylation is 1. The van der Waals surface area contributed by atoms with E-state index in [0.717, 1.165) is 57.3 Å². The van der Waals surface area contributed by atoms with Gasteiger partial charge in [0.2, 0.25) is 0 Å². The SMILES string of the molecule is Nc1cc(-c2nc3c4c(nc(OC[C@@]56CCCN5C[C@H](F)C6)nc4c2F)N2C[C@H]4CC[C@H](N4)[C@H]2CCC3)c2cc(F)ccc2c1. The second-order valence-corrected chi connectivity index (χ2v) is 13.7. The Bertz CT molecular complexity index is 1850. The summed E-state index contributed by atoms with van der Waals surface area (Å²) in [5.41, 5.74) is 7.67. The third-order valence-electron chi connectivity index (χ3n) is 11.0. The molecule has 4 aromatic rings. The van der Waals surface area contributed by atoms with E-state index in [1.165, 1.54) is 12.1 Å². The van der Waals surface area contributed by atoms with E-state index >= 15 is 4.39 Å². The lowest BCUT2D eigenvalue weighted by Crippen LogP contribution is -2.58. The molecule has 0 radical (unpaired) electrons. The molecule has 0 saturated carbocycles. The molecule has 2 aromatic carbocycles. The lowest BCUT2D eigenvalue weighted by molar-refractivity contribution is 0.107. The first-order valence-corrected chi connectivity index (χ1v) is 16.3. The Morgan fingerprint density at radius 1 is 1.04 bits per heavy atom. The molecule has 7 heterocycles. The summed E-state index contributed by atoms with van der Waals surface area (Å²) in [6.45, 7) is 2.27. The molecule has 0 amide bonds. The molecule has 3 N–H and O–H groups in total. The Morgan fingerprint density at radius 3 is 2.87 bits per heavy atom. The van der Waals surface area contributed by atoms with Crippen LogP contribution in [0.1, 0.15) is 50.6 Å². The van der Waals surface area contributed by atoms with Crippen molar-refractivity contribution in [2.75, 3.05) is 36.9 Å². The van der Waals surface area contributed by atoms with Crippen molar-refractivity contribution >= 4 is 33.2 Å². The summed E-state index contributed by atoms with van der Waals surface area (Å²) in [5, 5.41) is 5.62. The van der Waals surface area contributed by atoms with E-state index in [1.54, 1.807) is 18.2 Å². The van der Waals surface area contributed by atoms with Gasteiger partial charge in [0, 0.05) is 48.9 Å². The highest BCUT2D eigenvalue weighted by atomic mass is 19.1. The van der Waals surface area contributed by atoms with Crippen LogP contribution in [-0.4, -0.2) is 75.9 Å². The number of alkyl halides is 1. The minimum atomic E-state index is -0.886. The molecule has 5 aliphatic heterocycles. The monoisotopic (exact) mass is 615 g/mol. The number of halogens is 3. The second-order valence-electron chi connectivity index (χ2n) is 13.7. The maximum Gasteiger partial charge on any atom is 0.319 e. The summed E-state index contributed by atoms with van der Waals surface area (Å²) in [6, 6.07) is 8.80. The summed E-state index contributed by atoms with van der Waals surface area (Å²) in [5.74, 6) is -0.379. The Labute approximate surface area is 259 Å². The minimum absolute atomic E-state index is 0.0881. The van der Waals surface area contributed by atoms with Crippen LogP contribution < -0.4 is 20.7 Å². The maximum atomic E-state index is 17.0. The number of hydrogen-bond acceptors (Lipinski definition) is 8. The van der Waals surface area contributed by atoms with Gasteiger partial charge < -0.3 is 20.7 Å². The predicted molar refractivity (Wildman–Crippen MR) is 167 cm³/mol. The maximum absolute atomic E-state index is 17.0. The van der Waals surface area contributed by atoms with Gasteiger partial charge in [-0.25, -0.2) is 18.2 Å². The topological polar surface area (TPSA) is 92.4 Å². The number of hydrogen-bond donors (Lipinski definition) is 2. The smallest absolute Gasteiger partial charge is 0.319 e. The van der Waals surface area contributed by atoms with Crippen LogP contribution >= 0.6 is 0 Å². The Kier molecular flexibility index (Phi) is 6.23. The van der Waals surface area contributed by atoms with Crippen LogP contribution in [0.15, 0.2) is 30.3 Å². The molecule has 11 heteroatoms. The third kappa shape index (κ3) is 4.37. The number of nitrogens with one attached hydrogen (secondary N) is 1. The molecule has 0 unspecified atom stereocenters. The predicted octanol–water partition coefficient (Wildman–Crippen LogP) is 5.31. The number of piperazine rings is 1. The Morgan fingerprint density at radius 2 is 1.96 bits per heavy atom. The molecule has 4 saturated heterocycles. The van der Waals surface area contributed by atoms with Crippen molar-refractivity contribution in [2.45, 2.75) is 81.2 Å². The second kappa shape index (κ2) is 10.2. The minimum Gasteiger partial charge on any atom is -0.461 e. The average molecular weight is 616 g/mol. The van der Waals surface area contributed by atoms with E-state index in [9.17, 15) is 8.78 Å². The molecule has 0 spiro atoms. The number of benzene rings is 2. The van der Waals surface area contributed by atoms with Crippen molar-refractivity contribution in [3.05, 3.63) is 47.7 Å². The van der Waals surface area contributed by atoms with Crippen LogP contribution in [0.3, 0.4) is 0 Å². The van der Waals surface area contributed by atoms with Gasteiger partial charge in [0.05, 0.1) is 16.6 Å². The zero-order valence-electron chi connectivity index (χ0n) is 25.0. The summed E-state index contributed by atoms with van der Waals surface area (Å²) < 4.78 is 52.4. The van der Waals surface area contributed by atoms with E-state index in [2.05, 4.69) is 15.1 Å². The fraction of sp³-hybridized carbons (Fsp3) is 0.500. The van der Waals surface area contributed by atoms with E-state index in [1.807, 2.05) is 0 Å². The van der Waals surface area contributed by atoms with Crippen LogP contribution in [0.5, 0.6) is 6.01 Å². The van der Waals surface area contributed by atoms with Crippen LogP contribution in [0.25, 0.3) is 32.9 Å². The van der Waals surface area contributed by atoms with Gasteiger partial charge in [0.1, 0.15) is 35.6 Å². The molecule has 5 aliphatic rings. The first-order valence-electron chi connectivity index (χ1n) is 16.3. The van der Waals surface area contributed by atoms with Crippen LogP contribution in [0, 0.1) is 11.6 Å². The van der Waals surface area contributed by atoms with Gasteiger partial charge in [-0.3, -0.25) is 4.90 Å². The molecule has 0 aliphatic carbocycles. The first-order chi connectivity index (χ1) is 21.8. The number of fused-ring (bicyclic) bond motifs is 7. The number of pyridine rings is 1. The highest BCUT2D eigenvalue weighted by molar-refractivity contribution is 6.01. The molecular formula is C34H36F3N7O. The molecule has 234 valence electrons. The Balaban J connectivity index is 1.24. The molecule has 9 rings (SSSR count). The third-order valence-corrected chi connectivity index (χ3v) is 11.0. The van der Waals surface area contributed by atoms with E-state index < -0.39 is 23.3 Å². The number of nitrogens with two attached hydrogens (primary N) is 1. The highest BCUT2D eigenvalue weighted by Crippen LogP contribution is 2.44. The number of aromatic nitrogens is 3. The van der Waals surface area contributed by atoms with Crippen molar-refractivity contribution < 1.29 is 17.9 Å². The van der Waals surface area contributed by atoms with Gasteiger partial charge >= 0.3 is 6.01 Å². The zero-order chi connectivity index (χ0) is 30.4. The van der Waals surface area contributed by atoms with E-state index in [0.29, 0.717) is 64.7 Å². The van der Waals surface area contributed by atoms with Crippen LogP contribution in [-0.2, 0) is 6.42 Å². The number of nitrogen functional groups attached to an aromatic ring is 1. The van der Waals surface area contributed by atoms with Crippen LogP contribution in [0.2, 0.25) is 0 Å². The molecule has 45 heavy (non-hydrogen) atoms. The largest absolute Gasteiger partial charge is 0.461 e. The fourth-order valence-corrected chi connectivity index (χ4v) is 9.00. The van der Waals surface area contributed by atoms with Crippen molar-refractivity contribution in [1.82, 2.24) is 25.2 Å². The fourth-order valence-electron chi connectivity index (χ4n) is 9.00. The van der Waals surface area contributed by atoms with Gasteiger partial charge in [-0.05, 0) is 86.5 Å². The molecule has 2 aromatic heterocycles. The molecule has 4 fully saturated rings. The quantitative estimate of drug-likeness (QED) is 0.299. The highest BCUT2D eigenvalue weighted by Gasteiger charge is 2.49. The van der Waals surface area contributed by atoms with Gasteiger partial charge in [0.15, 0.2) is 5.82 Å². The van der Waals surface area contributed by atoms with Gasteiger partial charge in [-0.2, -0.15) is 9.97 Å². The molecule has 2 bridgehead atoms. The lowest BCUT2D eigenvalue weighted by Gasteiger charge is -2.43. The van der Waals surface area contributed by atoms with Crippen LogP contribution in [0.4, 0.5) is 24.7 Å². The van der Waals surface area contributed by atoms with E-state index in [-0.39, 0.29) is 29.9 Å². The number of anilines is 2. The Hall–Kier alpha value is -3.70. The van der Waals surface area contributed by atoms with Gasteiger partial charge in [-0.15, -0.1) is 0 Å². The van der Waals surface area contributed by atoms with Crippen molar-refractivity contribution in [1.29, 1.82) is 0 Å². The zero-order valence-corrected chi connectivity index (χ0v) is 25.0. The van der Waals surface area contributed by atoms with Gasteiger partial charge in [-0.1, -0.05) is 6.07 Å². The number of nitrogens with zero attached hydrogens (tertiary/aromatic N) is 5. The van der Waals surface area contributed by atoms with Crippen molar-refractivity contribution in [2.24, 2.45) is 0 Å². The first kappa shape index (κ1) is 27.6. The normalized spacial score (nSPS) is 29.2. The van der Waals surface area contributed by atoms with Crippen molar-refractivity contribution in [3.63, 3.8) is 0 Å². The summed E-state index contributed by atoms with van der Waals surface area (Å²) in [7, 11) is 0. The lowest BCUT2D eigenvalue weighted by atomic mass is 9.93.